The van der Waals surface area contributed by atoms with Gasteiger partial charge in [-0.1, -0.05) is 34.1 Å². The van der Waals surface area contributed by atoms with Crippen molar-refractivity contribution in [3.05, 3.63) is 93.2 Å². The Morgan fingerprint density at radius 2 is 1.72 bits per heavy atom. The summed E-state index contributed by atoms with van der Waals surface area (Å²) in [7, 11) is 0. The lowest BCUT2D eigenvalue weighted by molar-refractivity contribution is 0.0956. The molecular formula is C22H19BrN4O2. The van der Waals surface area contributed by atoms with Crippen LogP contribution in [0.1, 0.15) is 37.4 Å². The number of nitrogens with zero attached hydrogens (tertiary/aromatic N) is 2. The van der Waals surface area contributed by atoms with Crippen LogP contribution in [0.25, 0.3) is 0 Å². The van der Waals surface area contributed by atoms with Gasteiger partial charge in [-0.3, -0.25) is 14.6 Å². The molecular weight excluding hydrogens is 432 g/mol. The van der Waals surface area contributed by atoms with E-state index >= 15 is 0 Å². The van der Waals surface area contributed by atoms with Crippen LogP contribution < -0.4 is 10.7 Å². The van der Waals surface area contributed by atoms with Gasteiger partial charge < -0.3 is 5.32 Å². The predicted molar refractivity (Wildman–Crippen MR) is 117 cm³/mol. The van der Waals surface area contributed by atoms with Crippen molar-refractivity contribution in [2.24, 2.45) is 5.10 Å². The number of rotatable bonds is 5. The van der Waals surface area contributed by atoms with Gasteiger partial charge in [-0.15, -0.1) is 0 Å². The van der Waals surface area contributed by atoms with Crippen molar-refractivity contribution in [1.29, 1.82) is 0 Å². The van der Waals surface area contributed by atoms with Gasteiger partial charge in [-0.05, 0) is 60.9 Å². The maximum Gasteiger partial charge on any atom is 0.273 e. The van der Waals surface area contributed by atoms with Gasteiger partial charge in [-0.25, -0.2) is 5.43 Å². The van der Waals surface area contributed by atoms with E-state index in [1.807, 2.05) is 32.0 Å². The van der Waals surface area contributed by atoms with E-state index in [1.165, 1.54) is 18.0 Å². The van der Waals surface area contributed by atoms with E-state index in [9.17, 15) is 9.59 Å². The van der Waals surface area contributed by atoms with Crippen molar-refractivity contribution in [3.63, 3.8) is 0 Å². The van der Waals surface area contributed by atoms with E-state index < -0.39 is 5.91 Å². The number of aryl methyl sites for hydroxylation is 2. The van der Waals surface area contributed by atoms with Crippen molar-refractivity contribution < 1.29 is 9.59 Å². The molecule has 0 spiro atoms. The summed E-state index contributed by atoms with van der Waals surface area (Å²) in [5.41, 5.74) is 6.85. The van der Waals surface area contributed by atoms with E-state index in [2.05, 4.69) is 36.8 Å². The summed E-state index contributed by atoms with van der Waals surface area (Å²) in [6, 6.07) is 14.1. The molecule has 29 heavy (non-hydrogen) atoms. The molecule has 0 atom stereocenters. The minimum atomic E-state index is -0.434. The maximum atomic E-state index is 12.6. The largest absolute Gasteiger partial charge is 0.321 e. The van der Waals surface area contributed by atoms with Crippen LogP contribution in [-0.2, 0) is 0 Å². The molecule has 2 amide bonds. The molecule has 6 nitrogen and oxygen atoms in total. The molecule has 0 aliphatic rings. The molecule has 7 heteroatoms. The fourth-order valence-corrected chi connectivity index (χ4v) is 2.94. The number of hydrogen-bond acceptors (Lipinski definition) is 4. The van der Waals surface area contributed by atoms with Gasteiger partial charge in [-0.2, -0.15) is 5.10 Å². The van der Waals surface area contributed by atoms with Crippen molar-refractivity contribution >= 4 is 39.6 Å². The molecule has 0 radical (unpaired) electrons. The third-order valence-electron chi connectivity index (χ3n) is 4.33. The van der Waals surface area contributed by atoms with Gasteiger partial charge in [0.05, 0.1) is 17.5 Å². The Morgan fingerprint density at radius 3 is 2.45 bits per heavy atom. The van der Waals surface area contributed by atoms with Crippen molar-refractivity contribution in [3.8, 4) is 0 Å². The number of benzene rings is 2. The van der Waals surface area contributed by atoms with Crippen molar-refractivity contribution in [1.82, 2.24) is 10.4 Å². The van der Waals surface area contributed by atoms with Gasteiger partial charge in [0.15, 0.2) is 0 Å². The van der Waals surface area contributed by atoms with Crippen LogP contribution in [0.3, 0.4) is 0 Å². The molecule has 0 saturated carbocycles. The molecule has 1 aromatic heterocycles. The Bertz CT molecular complexity index is 1080. The first-order chi connectivity index (χ1) is 13.9. The molecule has 0 bridgehead atoms. The second-order valence-electron chi connectivity index (χ2n) is 6.42. The fraction of sp³-hybridized carbons (Fsp3) is 0.0909. The molecule has 0 aliphatic heterocycles. The van der Waals surface area contributed by atoms with E-state index in [4.69, 9.17) is 0 Å². The lowest BCUT2D eigenvalue weighted by Crippen LogP contribution is -2.21. The molecule has 0 aliphatic carbocycles. The zero-order chi connectivity index (χ0) is 20.8. The number of halogens is 1. The van der Waals surface area contributed by atoms with Crippen LogP contribution in [0.5, 0.6) is 0 Å². The highest BCUT2D eigenvalue weighted by molar-refractivity contribution is 9.10. The molecule has 0 saturated heterocycles. The topological polar surface area (TPSA) is 83.5 Å². The maximum absolute atomic E-state index is 12.6. The van der Waals surface area contributed by atoms with E-state index in [-0.39, 0.29) is 5.91 Å². The van der Waals surface area contributed by atoms with E-state index in [0.29, 0.717) is 21.3 Å². The number of carbonyl (C=O) groups excluding carboxylic acids is 2. The van der Waals surface area contributed by atoms with Gasteiger partial charge >= 0.3 is 0 Å². The van der Waals surface area contributed by atoms with Crippen LogP contribution in [0.2, 0.25) is 0 Å². The second-order valence-corrected chi connectivity index (χ2v) is 7.34. The first kappa shape index (κ1) is 20.4. The molecule has 3 rings (SSSR count). The normalized spacial score (nSPS) is 10.7. The zero-order valence-corrected chi connectivity index (χ0v) is 17.5. The van der Waals surface area contributed by atoms with E-state index in [1.54, 1.807) is 36.5 Å². The monoisotopic (exact) mass is 450 g/mol. The lowest BCUT2D eigenvalue weighted by atomic mass is 10.1. The molecule has 2 aromatic carbocycles. The van der Waals surface area contributed by atoms with Crippen LogP contribution >= 0.6 is 15.9 Å². The Kier molecular flexibility index (Phi) is 6.51. The van der Waals surface area contributed by atoms with Crippen molar-refractivity contribution in [2.45, 2.75) is 13.8 Å². The Morgan fingerprint density at radius 1 is 0.966 bits per heavy atom. The highest BCUT2D eigenvalue weighted by atomic mass is 79.9. The minimum Gasteiger partial charge on any atom is -0.321 e. The summed E-state index contributed by atoms with van der Waals surface area (Å²) in [6.07, 6.45) is 4.65. The van der Waals surface area contributed by atoms with Gasteiger partial charge in [0, 0.05) is 22.4 Å². The number of nitrogens with one attached hydrogen (secondary N) is 2. The van der Waals surface area contributed by atoms with Crippen LogP contribution in [-0.4, -0.2) is 23.0 Å². The van der Waals surface area contributed by atoms with E-state index in [0.717, 1.165) is 11.1 Å². The number of aromatic nitrogens is 1. The fourth-order valence-electron chi connectivity index (χ4n) is 2.58. The average molecular weight is 451 g/mol. The van der Waals surface area contributed by atoms with Gasteiger partial charge in [0.1, 0.15) is 0 Å². The Hall–Kier alpha value is -3.32. The molecule has 0 fully saturated rings. The predicted octanol–water partition coefficient (Wildman–Crippen LogP) is 4.48. The average Bonchev–Trinajstić information content (AvgIpc) is 2.72. The summed E-state index contributed by atoms with van der Waals surface area (Å²) in [5.74, 6) is -0.765. The summed E-state index contributed by atoms with van der Waals surface area (Å²) in [5, 5.41) is 6.79. The molecule has 2 N–H and O–H groups in total. The summed E-state index contributed by atoms with van der Waals surface area (Å²) < 4.78 is 0.711. The highest BCUT2D eigenvalue weighted by Crippen LogP contribution is 2.22. The lowest BCUT2D eigenvalue weighted by Gasteiger charge is -2.11. The SMILES string of the molecule is Cc1ccc(C=NNC(=O)c2cc(Br)ccc2NC(=O)c2ccncc2)cc1C. The van der Waals surface area contributed by atoms with Gasteiger partial charge in [0.2, 0.25) is 0 Å². The van der Waals surface area contributed by atoms with Crippen molar-refractivity contribution in [2.75, 3.05) is 5.32 Å². The Labute approximate surface area is 177 Å². The van der Waals surface area contributed by atoms with Crippen LogP contribution in [0, 0.1) is 13.8 Å². The smallest absolute Gasteiger partial charge is 0.273 e. The summed E-state index contributed by atoms with van der Waals surface area (Å²) >= 11 is 3.36. The first-order valence-corrected chi connectivity index (χ1v) is 9.65. The quantitative estimate of drug-likeness (QED) is 0.443. The zero-order valence-electron chi connectivity index (χ0n) is 15.9. The molecule has 146 valence electrons. The number of pyridine rings is 1. The molecule has 3 aromatic rings. The second kappa shape index (κ2) is 9.25. The molecule has 1 heterocycles. The first-order valence-electron chi connectivity index (χ1n) is 8.85. The number of anilines is 1. The number of hydrogen-bond donors (Lipinski definition) is 2. The molecule has 0 unspecified atom stereocenters. The number of hydrazone groups is 1. The highest BCUT2D eigenvalue weighted by Gasteiger charge is 2.15. The van der Waals surface area contributed by atoms with Gasteiger partial charge in [0.25, 0.3) is 11.8 Å². The third-order valence-corrected chi connectivity index (χ3v) is 4.82. The number of amides is 2. The Balaban J connectivity index is 1.75. The standard InChI is InChI=1S/C22H19BrN4O2/c1-14-3-4-16(11-15(14)2)13-25-27-22(29)19-12-18(23)5-6-20(19)26-21(28)17-7-9-24-10-8-17/h3-13H,1-2H3,(H,26,28)(H,27,29). The minimum absolute atomic E-state index is 0.291. The summed E-state index contributed by atoms with van der Waals surface area (Å²) in [4.78, 5) is 29.0. The third kappa shape index (κ3) is 5.36. The number of carbonyl (C=O) groups is 2. The summed E-state index contributed by atoms with van der Waals surface area (Å²) in [6.45, 7) is 4.05. The van der Waals surface area contributed by atoms with Crippen LogP contribution in [0.4, 0.5) is 5.69 Å². The van der Waals surface area contributed by atoms with Crippen LogP contribution in [0.15, 0.2) is 70.5 Å².